The highest BCUT2D eigenvalue weighted by Gasteiger charge is 2.33. The number of esters is 1. The highest BCUT2D eigenvalue weighted by molar-refractivity contribution is 5.89. The summed E-state index contributed by atoms with van der Waals surface area (Å²) in [6.07, 6.45) is 0.0519. The summed E-state index contributed by atoms with van der Waals surface area (Å²) in [5.74, 6) is -0.413. The second kappa shape index (κ2) is 8.68. The van der Waals surface area contributed by atoms with Crippen LogP contribution in [0.15, 0.2) is 54.6 Å². The normalized spacial score (nSPS) is 19.4. The molecule has 27 heavy (non-hydrogen) atoms. The first-order valence-corrected chi connectivity index (χ1v) is 8.92. The number of carbonyl (C=O) groups is 2. The Labute approximate surface area is 158 Å². The molecule has 0 aromatic heterocycles. The third-order valence-corrected chi connectivity index (χ3v) is 4.73. The monoisotopic (exact) mass is 369 g/mol. The van der Waals surface area contributed by atoms with Gasteiger partial charge in [0.1, 0.15) is 6.61 Å². The summed E-state index contributed by atoms with van der Waals surface area (Å²) < 4.78 is 10.2. The minimum atomic E-state index is -0.478. The Bertz CT molecular complexity index is 775. The molecule has 0 spiro atoms. The molecule has 142 valence electrons. The number of amides is 1. The lowest BCUT2D eigenvalue weighted by molar-refractivity contribution is 0.0259. The molecule has 1 aliphatic heterocycles. The molecule has 6 nitrogen and oxygen atoms in total. The number of methoxy groups -OCH3 is 1. The van der Waals surface area contributed by atoms with E-state index in [1.807, 2.05) is 30.3 Å². The molecular weight excluding hydrogens is 346 g/mol. The SMILES string of the molecule is COC(=O)c1ccc([C@@H]2C[C@@H](O)CCN2C(=O)OCc2ccccc2)cc1. The molecule has 1 aliphatic rings. The van der Waals surface area contributed by atoms with Crippen LogP contribution >= 0.6 is 0 Å². The van der Waals surface area contributed by atoms with Crippen LogP contribution in [0.25, 0.3) is 0 Å². The van der Waals surface area contributed by atoms with E-state index in [0.29, 0.717) is 24.9 Å². The van der Waals surface area contributed by atoms with Gasteiger partial charge in [-0.05, 0) is 36.1 Å². The Balaban J connectivity index is 1.72. The van der Waals surface area contributed by atoms with Crippen molar-refractivity contribution in [2.45, 2.75) is 31.6 Å². The van der Waals surface area contributed by atoms with Gasteiger partial charge in [0, 0.05) is 6.54 Å². The zero-order valence-electron chi connectivity index (χ0n) is 15.2. The van der Waals surface area contributed by atoms with Crippen LogP contribution in [0.5, 0.6) is 0 Å². The summed E-state index contributed by atoms with van der Waals surface area (Å²) in [6, 6.07) is 16.1. The van der Waals surface area contributed by atoms with Crippen LogP contribution in [0.2, 0.25) is 0 Å². The molecule has 1 fully saturated rings. The van der Waals surface area contributed by atoms with Gasteiger partial charge in [-0.25, -0.2) is 9.59 Å². The Hall–Kier alpha value is -2.86. The van der Waals surface area contributed by atoms with Gasteiger partial charge in [0.2, 0.25) is 0 Å². The molecule has 0 saturated carbocycles. The molecule has 0 bridgehead atoms. The van der Waals surface area contributed by atoms with E-state index in [1.54, 1.807) is 29.2 Å². The Morgan fingerprint density at radius 3 is 2.48 bits per heavy atom. The molecule has 0 aliphatic carbocycles. The van der Waals surface area contributed by atoms with Gasteiger partial charge in [0.15, 0.2) is 0 Å². The van der Waals surface area contributed by atoms with Crippen LogP contribution in [0.1, 0.15) is 40.4 Å². The number of aliphatic hydroxyl groups excluding tert-OH is 1. The first-order chi connectivity index (χ1) is 13.1. The highest BCUT2D eigenvalue weighted by atomic mass is 16.6. The zero-order valence-corrected chi connectivity index (χ0v) is 15.2. The lowest BCUT2D eigenvalue weighted by Gasteiger charge is -2.37. The van der Waals surface area contributed by atoms with Crippen molar-refractivity contribution in [2.75, 3.05) is 13.7 Å². The zero-order chi connectivity index (χ0) is 19.2. The van der Waals surface area contributed by atoms with Gasteiger partial charge in [-0.1, -0.05) is 42.5 Å². The second-order valence-electron chi connectivity index (χ2n) is 6.54. The number of hydrogen-bond acceptors (Lipinski definition) is 5. The number of hydrogen-bond donors (Lipinski definition) is 1. The van der Waals surface area contributed by atoms with Crippen molar-refractivity contribution in [1.29, 1.82) is 0 Å². The Morgan fingerprint density at radius 2 is 1.81 bits per heavy atom. The van der Waals surface area contributed by atoms with Crippen LogP contribution in [0, 0.1) is 0 Å². The molecular formula is C21H23NO5. The third-order valence-electron chi connectivity index (χ3n) is 4.73. The molecule has 2 atom stereocenters. The van der Waals surface area contributed by atoms with Gasteiger partial charge in [-0.2, -0.15) is 0 Å². The van der Waals surface area contributed by atoms with E-state index in [-0.39, 0.29) is 12.6 Å². The molecule has 2 aromatic carbocycles. The maximum Gasteiger partial charge on any atom is 0.410 e. The van der Waals surface area contributed by atoms with E-state index >= 15 is 0 Å². The van der Waals surface area contributed by atoms with Crippen LogP contribution in [-0.4, -0.2) is 41.8 Å². The van der Waals surface area contributed by atoms with E-state index in [0.717, 1.165) is 11.1 Å². The van der Waals surface area contributed by atoms with Crippen molar-refractivity contribution in [2.24, 2.45) is 0 Å². The largest absolute Gasteiger partial charge is 0.465 e. The van der Waals surface area contributed by atoms with Gasteiger partial charge < -0.3 is 19.5 Å². The summed E-state index contributed by atoms with van der Waals surface area (Å²) in [5, 5.41) is 10.1. The van der Waals surface area contributed by atoms with Crippen molar-refractivity contribution in [1.82, 2.24) is 4.90 Å². The summed E-state index contributed by atoms with van der Waals surface area (Å²) in [4.78, 5) is 25.9. The van der Waals surface area contributed by atoms with Crippen molar-refractivity contribution < 1.29 is 24.2 Å². The fraction of sp³-hybridized carbons (Fsp3) is 0.333. The van der Waals surface area contributed by atoms with E-state index < -0.39 is 18.2 Å². The average molecular weight is 369 g/mol. The van der Waals surface area contributed by atoms with Gasteiger partial charge in [0.25, 0.3) is 0 Å². The fourth-order valence-corrected chi connectivity index (χ4v) is 3.24. The maximum atomic E-state index is 12.6. The number of aliphatic hydroxyl groups is 1. The molecule has 0 radical (unpaired) electrons. The summed E-state index contributed by atoms with van der Waals surface area (Å²) in [7, 11) is 1.33. The predicted molar refractivity (Wildman–Crippen MR) is 99.1 cm³/mol. The standard InChI is InChI=1S/C21H23NO5/c1-26-20(24)17-9-7-16(8-10-17)19-13-18(23)11-12-22(19)21(25)27-14-15-5-3-2-4-6-15/h2-10,18-19,23H,11-14H2,1H3/t18-,19-/m0/s1. The van der Waals surface area contributed by atoms with Crippen LogP contribution < -0.4 is 0 Å². The van der Waals surface area contributed by atoms with E-state index in [9.17, 15) is 14.7 Å². The van der Waals surface area contributed by atoms with Gasteiger partial charge >= 0.3 is 12.1 Å². The molecule has 3 rings (SSSR count). The maximum absolute atomic E-state index is 12.6. The Morgan fingerprint density at radius 1 is 1.11 bits per heavy atom. The molecule has 2 aromatic rings. The average Bonchev–Trinajstić information content (AvgIpc) is 2.72. The van der Waals surface area contributed by atoms with Crippen molar-refractivity contribution in [3.8, 4) is 0 Å². The third kappa shape index (κ3) is 4.65. The molecule has 1 N–H and O–H groups in total. The topological polar surface area (TPSA) is 76.1 Å². The quantitative estimate of drug-likeness (QED) is 0.837. The molecule has 1 saturated heterocycles. The lowest BCUT2D eigenvalue weighted by atomic mass is 9.93. The lowest BCUT2D eigenvalue weighted by Crippen LogP contribution is -2.42. The number of benzene rings is 2. The molecule has 6 heteroatoms. The first kappa shape index (κ1) is 18.9. The molecule has 1 amide bonds. The number of piperidine rings is 1. The van der Waals surface area contributed by atoms with Crippen molar-refractivity contribution >= 4 is 12.1 Å². The number of likely N-dealkylation sites (tertiary alicyclic amines) is 1. The molecule has 1 heterocycles. The number of rotatable bonds is 4. The van der Waals surface area contributed by atoms with Gasteiger partial charge in [0.05, 0.1) is 24.8 Å². The highest BCUT2D eigenvalue weighted by Crippen LogP contribution is 2.32. The predicted octanol–water partition coefficient (Wildman–Crippen LogP) is 3.31. The number of nitrogens with zero attached hydrogens (tertiary/aromatic N) is 1. The van der Waals surface area contributed by atoms with E-state index in [1.165, 1.54) is 7.11 Å². The van der Waals surface area contributed by atoms with E-state index in [4.69, 9.17) is 9.47 Å². The smallest absolute Gasteiger partial charge is 0.410 e. The summed E-state index contributed by atoms with van der Waals surface area (Å²) in [5.41, 5.74) is 2.20. The van der Waals surface area contributed by atoms with Crippen LogP contribution in [-0.2, 0) is 16.1 Å². The minimum absolute atomic E-state index is 0.201. The number of carbonyl (C=O) groups excluding carboxylic acids is 2. The van der Waals surface area contributed by atoms with Crippen molar-refractivity contribution in [3.05, 3.63) is 71.3 Å². The Kier molecular flexibility index (Phi) is 6.08. The summed E-state index contributed by atoms with van der Waals surface area (Å²) in [6.45, 7) is 0.616. The first-order valence-electron chi connectivity index (χ1n) is 8.92. The number of ether oxygens (including phenoxy) is 2. The van der Waals surface area contributed by atoms with Crippen molar-refractivity contribution in [3.63, 3.8) is 0 Å². The molecule has 0 unspecified atom stereocenters. The minimum Gasteiger partial charge on any atom is -0.465 e. The van der Waals surface area contributed by atoms with Crippen LogP contribution in [0.4, 0.5) is 4.79 Å². The van der Waals surface area contributed by atoms with Gasteiger partial charge in [-0.3, -0.25) is 0 Å². The fourth-order valence-electron chi connectivity index (χ4n) is 3.24. The van der Waals surface area contributed by atoms with Gasteiger partial charge in [-0.15, -0.1) is 0 Å². The second-order valence-corrected chi connectivity index (χ2v) is 6.54. The van der Waals surface area contributed by atoms with E-state index in [2.05, 4.69) is 0 Å². The summed E-state index contributed by atoms with van der Waals surface area (Å²) >= 11 is 0. The van der Waals surface area contributed by atoms with Crippen LogP contribution in [0.3, 0.4) is 0 Å².